The molecule has 1 aliphatic carbocycles. The van der Waals surface area contributed by atoms with E-state index in [9.17, 15) is 4.79 Å². The van der Waals surface area contributed by atoms with Crippen molar-refractivity contribution in [3.8, 4) is 0 Å². The van der Waals surface area contributed by atoms with Crippen molar-refractivity contribution in [1.82, 2.24) is 29.1 Å². The Morgan fingerprint density at radius 3 is 2.64 bits per heavy atom. The normalized spacial score (nSPS) is 13.6. The van der Waals surface area contributed by atoms with Crippen LogP contribution in [0.1, 0.15) is 30.3 Å². The number of hydrogen-bond acceptors (Lipinski definition) is 6. The largest absolute Gasteiger partial charge is 0.355 e. The number of benzene rings is 1. The Labute approximate surface area is 190 Å². The molecule has 1 fully saturated rings. The van der Waals surface area contributed by atoms with Crippen molar-refractivity contribution in [2.24, 2.45) is 0 Å². The molecule has 0 amide bonds. The zero-order chi connectivity index (χ0) is 22.4. The molecule has 1 aromatic carbocycles. The summed E-state index contributed by atoms with van der Waals surface area (Å²) in [5.41, 5.74) is 3.66. The van der Waals surface area contributed by atoms with Gasteiger partial charge in [-0.2, -0.15) is 0 Å². The first-order valence-electron chi connectivity index (χ1n) is 11.1. The van der Waals surface area contributed by atoms with E-state index in [0.29, 0.717) is 18.9 Å². The van der Waals surface area contributed by atoms with Crippen molar-refractivity contribution in [3.05, 3.63) is 89.1 Å². The highest BCUT2D eigenvalue weighted by molar-refractivity contribution is 5.89. The molecule has 0 radical (unpaired) electrons. The molecule has 5 aromatic rings. The third-order valence-electron chi connectivity index (χ3n) is 6.11. The first-order chi connectivity index (χ1) is 16.2. The molecule has 6 rings (SSSR count). The number of anilines is 1. The fraction of sp³-hybridized carbons (Fsp3) is 0.240. The van der Waals surface area contributed by atoms with E-state index in [4.69, 9.17) is 9.97 Å². The maximum Gasteiger partial charge on any atom is 0.329 e. The predicted molar refractivity (Wildman–Crippen MR) is 127 cm³/mol. The molecule has 0 bridgehead atoms. The topological polar surface area (TPSA) is 81.7 Å². The Morgan fingerprint density at radius 2 is 1.82 bits per heavy atom. The Kier molecular flexibility index (Phi) is 4.64. The SMILES string of the molecule is CN(Cc1cccnc1)c1nc(Cn2c(=O)n(C3CC3)c3ccncc32)nc2ccccc12. The van der Waals surface area contributed by atoms with E-state index in [1.807, 2.05) is 60.3 Å². The number of imidazole rings is 1. The van der Waals surface area contributed by atoms with Crippen LogP contribution in [0.2, 0.25) is 0 Å². The second-order valence-electron chi connectivity index (χ2n) is 8.53. The van der Waals surface area contributed by atoms with Gasteiger partial charge in [0.2, 0.25) is 0 Å². The van der Waals surface area contributed by atoms with Crippen LogP contribution < -0.4 is 10.6 Å². The predicted octanol–water partition coefficient (Wildman–Crippen LogP) is 3.56. The van der Waals surface area contributed by atoms with Gasteiger partial charge < -0.3 is 4.90 Å². The van der Waals surface area contributed by atoms with E-state index in [-0.39, 0.29) is 11.7 Å². The lowest BCUT2D eigenvalue weighted by Crippen LogP contribution is -2.25. The molecular weight excluding hydrogens is 414 g/mol. The Morgan fingerprint density at radius 1 is 0.970 bits per heavy atom. The van der Waals surface area contributed by atoms with Gasteiger partial charge >= 0.3 is 5.69 Å². The summed E-state index contributed by atoms with van der Waals surface area (Å²) >= 11 is 0. The number of hydrogen-bond donors (Lipinski definition) is 0. The van der Waals surface area contributed by atoms with Gasteiger partial charge in [-0.05, 0) is 42.7 Å². The molecule has 8 heteroatoms. The van der Waals surface area contributed by atoms with Crippen LogP contribution in [0.4, 0.5) is 5.82 Å². The van der Waals surface area contributed by atoms with Gasteiger partial charge in [0.05, 0.1) is 29.3 Å². The van der Waals surface area contributed by atoms with Gasteiger partial charge in [0.1, 0.15) is 5.82 Å². The minimum Gasteiger partial charge on any atom is -0.355 e. The van der Waals surface area contributed by atoms with Crippen LogP contribution in [0, 0.1) is 0 Å². The molecule has 0 unspecified atom stereocenters. The monoisotopic (exact) mass is 437 g/mol. The maximum atomic E-state index is 13.3. The zero-order valence-corrected chi connectivity index (χ0v) is 18.3. The third kappa shape index (κ3) is 3.53. The molecule has 4 aromatic heterocycles. The number of nitrogens with zero attached hydrogens (tertiary/aromatic N) is 7. The number of pyridine rings is 2. The molecule has 33 heavy (non-hydrogen) atoms. The smallest absolute Gasteiger partial charge is 0.329 e. The molecule has 0 aliphatic heterocycles. The van der Waals surface area contributed by atoms with Gasteiger partial charge in [-0.25, -0.2) is 14.8 Å². The first-order valence-corrected chi connectivity index (χ1v) is 11.1. The van der Waals surface area contributed by atoms with Crippen LogP contribution in [0.3, 0.4) is 0 Å². The molecule has 0 atom stereocenters. The quantitative estimate of drug-likeness (QED) is 0.404. The zero-order valence-electron chi connectivity index (χ0n) is 18.3. The van der Waals surface area contributed by atoms with Crippen molar-refractivity contribution >= 4 is 27.8 Å². The number of fused-ring (bicyclic) bond motifs is 2. The third-order valence-corrected chi connectivity index (χ3v) is 6.11. The van der Waals surface area contributed by atoms with Crippen LogP contribution in [-0.2, 0) is 13.1 Å². The van der Waals surface area contributed by atoms with E-state index in [0.717, 1.165) is 46.2 Å². The number of rotatable bonds is 6. The molecule has 8 nitrogen and oxygen atoms in total. The van der Waals surface area contributed by atoms with Crippen molar-refractivity contribution < 1.29 is 0 Å². The summed E-state index contributed by atoms with van der Waals surface area (Å²) in [6.45, 7) is 0.957. The fourth-order valence-corrected chi connectivity index (χ4v) is 4.42. The first kappa shape index (κ1) is 19.6. The van der Waals surface area contributed by atoms with E-state index in [2.05, 4.69) is 14.9 Å². The molecule has 4 heterocycles. The second-order valence-corrected chi connectivity index (χ2v) is 8.53. The molecule has 1 aliphatic rings. The Hall–Kier alpha value is -4.07. The summed E-state index contributed by atoms with van der Waals surface area (Å²) in [5.74, 6) is 1.43. The van der Waals surface area contributed by atoms with Gasteiger partial charge in [0.25, 0.3) is 0 Å². The van der Waals surface area contributed by atoms with Gasteiger partial charge in [-0.1, -0.05) is 18.2 Å². The van der Waals surface area contributed by atoms with Crippen LogP contribution in [-0.4, -0.2) is 36.1 Å². The summed E-state index contributed by atoms with van der Waals surface area (Å²) in [6.07, 6.45) is 9.20. The molecule has 164 valence electrons. The molecular formula is C25H23N7O. The number of aromatic nitrogens is 6. The van der Waals surface area contributed by atoms with Crippen LogP contribution in [0.5, 0.6) is 0 Å². The van der Waals surface area contributed by atoms with Crippen molar-refractivity contribution in [3.63, 3.8) is 0 Å². The molecule has 0 spiro atoms. The average Bonchev–Trinajstić information content (AvgIpc) is 3.64. The lowest BCUT2D eigenvalue weighted by Gasteiger charge is -2.20. The molecule has 1 saturated carbocycles. The Bertz CT molecular complexity index is 1520. The van der Waals surface area contributed by atoms with Gasteiger partial charge in [-0.3, -0.25) is 19.1 Å². The summed E-state index contributed by atoms with van der Waals surface area (Å²) in [5, 5.41) is 0.974. The van der Waals surface area contributed by atoms with E-state index in [1.165, 1.54) is 0 Å². The fourth-order valence-electron chi connectivity index (χ4n) is 4.42. The van der Waals surface area contributed by atoms with Crippen LogP contribution in [0.15, 0.2) is 72.0 Å². The van der Waals surface area contributed by atoms with E-state index >= 15 is 0 Å². The van der Waals surface area contributed by atoms with Crippen molar-refractivity contribution in [1.29, 1.82) is 0 Å². The minimum atomic E-state index is -0.0254. The van der Waals surface area contributed by atoms with Gasteiger partial charge in [0, 0.05) is 43.6 Å². The number of para-hydroxylation sites is 1. The highest BCUT2D eigenvalue weighted by Crippen LogP contribution is 2.36. The van der Waals surface area contributed by atoms with Crippen molar-refractivity contribution in [2.45, 2.75) is 32.0 Å². The highest BCUT2D eigenvalue weighted by atomic mass is 16.1. The summed E-state index contributed by atoms with van der Waals surface area (Å²) in [7, 11) is 2.01. The summed E-state index contributed by atoms with van der Waals surface area (Å²) in [6, 6.07) is 14.2. The molecule has 0 N–H and O–H groups in total. The van der Waals surface area contributed by atoms with Gasteiger partial charge in [0.15, 0.2) is 5.82 Å². The van der Waals surface area contributed by atoms with Gasteiger partial charge in [-0.15, -0.1) is 0 Å². The maximum absolute atomic E-state index is 13.3. The standard InChI is InChI=1S/C25H23N7O/c1-30(15-17-5-4-11-26-13-17)24-19-6-2-3-7-20(19)28-23(29-24)16-31-22-14-27-12-10-21(22)32(25(31)33)18-8-9-18/h2-7,10-14,18H,8-9,15-16H2,1H3. The highest BCUT2D eigenvalue weighted by Gasteiger charge is 2.29. The summed E-state index contributed by atoms with van der Waals surface area (Å²) in [4.78, 5) is 33.6. The van der Waals surface area contributed by atoms with Crippen LogP contribution in [0.25, 0.3) is 21.9 Å². The average molecular weight is 438 g/mol. The van der Waals surface area contributed by atoms with E-state index in [1.54, 1.807) is 23.2 Å². The molecule has 0 saturated heterocycles. The van der Waals surface area contributed by atoms with Crippen molar-refractivity contribution in [2.75, 3.05) is 11.9 Å². The second kappa shape index (κ2) is 7.81. The van der Waals surface area contributed by atoms with E-state index < -0.39 is 0 Å². The Balaban J connectivity index is 1.44. The lowest BCUT2D eigenvalue weighted by atomic mass is 10.2. The summed E-state index contributed by atoms with van der Waals surface area (Å²) < 4.78 is 3.64. The minimum absolute atomic E-state index is 0.0254. The van der Waals surface area contributed by atoms with Crippen LogP contribution >= 0.6 is 0 Å². The lowest BCUT2D eigenvalue weighted by molar-refractivity contribution is 0.658.